The fraction of sp³-hybridized carbons (Fsp3) is 0.333. The molecule has 180 valence electrons. The molecular formula is C24H29N5O4S. The molecule has 0 saturated carbocycles. The molecule has 0 aliphatic carbocycles. The first kappa shape index (κ1) is 23.8. The zero-order chi connectivity index (χ0) is 24.3. The SMILES string of the molecule is COc1ccc(S(=O)(=O)N2CCN(c3cc(C)nc(Nc4ccc(C)cc4)n3)CC2)cc1OC. The average molecular weight is 484 g/mol. The Balaban J connectivity index is 1.47. The molecule has 1 saturated heterocycles. The first-order valence-electron chi connectivity index (χ1n) is 11.0. The van der Waals surface area contributed by atoms with Crippen molar-refractivity contribution >= 4 is 27.5 Å². The summed E-state index contributed by atoms with van der Waals surface area (Å²) in [6.07, 6.45) is 0. The Morgan fingerprint density at radius 1 is 0.853 bits per heavy atom. The summed E-state index contributed by atoms with van der Waals surface area (Å²) in [5.41, 5.74) is 2.92. The summed E-state index contributed by atoms with van der Waals surface area (Å²) >= 11 is 0. The predicted molar refractivity (Wildman–Crippen MR) is 132 cm³/mol. The Labute approximate surface area is 200 Å². The van der Waals surface area contributed by atoms with E-state index in [4.69, 9.17) is 9.47 Å². The van der Waals surface area contributed by atoms with E-state index in [2.05, 4.69) is 20.2 Å². The molecule has 2 heterocycles. The van der Waals surface area contributed by atoms with Crippen LogP contribution in [0.4, 0.5) is 17.5 Å². The quantitative estimate of drug-likeness (QED) is 0.546. The topological polar surface area (TPSA) is 96.9 Å². The van der Waals surface area contributed by atoms with Crippen LogP contribution in [0.15, 0.2) is 53.4 Å². The first-order valence-corrected chi connectivity index (χ1v) is 12.4. The van der Waals surface area contributed by atoms with Gasteiger partial charge in [0, 0.05) is 49.7 Å². The number of piperazine rings is 1. The number of benzene rings is 2. The molecule has 0 spiro atoms. The van der Waals surface area contributed by atoms with E-state index in [0.717, 1.165) is 17.2 Å². The predicted octanol–water partition coefficient (Wildman–Crippen LogP) is 3.37. The summed E-state index contributed by atoms with van der Waals surface area (Å²) in [4.78, 5) is 11.4. The van der Waals surface area contributed by atoms with Crippen molar-refractivity contribution < 1.29 is 17.9 Å². The molecular weight excluding hydrogens is 454 g/mol. The van der Waals surface area contributed by atoms with Gasteiger partial charge in [0.05, 0.1) is 19.1 Å². The molecule has 0 bridgehead atoms. The van der Waals surface area contributed by atoms with Gasteiger partial charge in [-0.3, -0.25) is 0 Å². The number of ether oxygens (including phenoxy) is 2. The van der Waals surface area contributed by atoms with Gasteiger partial charge in [-0.05, 0) is 38.1 Å². The Kier molecular flexibility index (Phi) is 6.90. The molecule has 3 aromatic rings. The normalized spacial score (nSPS) is 14.6. The molecule has 2 aromatic carbocycles. The van der Waals surface area contributed by atoms with E-state index in [1.165, 1.54) is 30.2 Å². The van der Waals surface area contributed by atoms with Gasteiger partial charge >= 0.3 is 0 Å². The highest BCUT2D eigenvalue weighted by atomic mass is 32.2. The van der Waals surface area contributed by atoms with Gasteiger partial charge in [0.25, 0.3) is 0 Å². The standard InChI is InChI=1S/C24H29N5O4S/c1-17-5-7-19(8-6-17)26-24-25-18(2)15-23(27-24)28-11-13-29(14-12-28)34(30,31)20-9-10-21(32-3)22(16-20)33-4/h5-10,15-16H,11-14H2,1-4H3,(H,25,26,27). The molecule has 1 aliphatic heterocycles. The molecule has 34 heavy (non-hydrogen) atoms. The number of sulfonamides is 1. The minimum absolute atomic E-state index is 0.182. The maximum atomic E-state index is 13.2. The number of anilines is 3. The van der Waals surface area contributed by atoms with E-state index >= 15 is 0 Å². The van der Waals surface area contributed by atoms with Crippen molar-refractivity contribution in [3.05, 3.63) is 59.8 Å². The van der Waals surface area contributed by atoms with Crippen LogP contribution in [0.3, 0.4) is 0 Å². The van der Waals surface area contributed by atoms with Crippen LogP contribution < -0.4 is 19.7 Å². The summed E-state index contributed by atoms with van der Waals surface area (Å²) in [7, 11) is -0.659. The summed E-state index contributed by atoms with van der Waals surface area (Å²) in [6.45, 7) is 5.69. The van der Waals surface area contributed by atoms with E-state index in [9.17, 15) is 8.42 Å². The van der Waals surface area contributed by atoms with Crippen LogP contribution in [0.2, 0.25) is 0 Å². The van der Waals surface area contributed by atoms with E-state index < -0.39 is 10.0 Å². The molecule has 4 rings (SSSR count). The number of nitrogens with zero attached hydrogens (tertiary/aromatic N) is 4. The lowest BCUT2D eigenvalue weighted by molar-refractivity contribution is 0.353. The van der Waals surface area contributed by atoms with Crippen molar-refractivity contribution in [3.63, 3.8) is 0 Å². The van der Waals surface area contributed by atoms with Crippen LogP contribution in [0.25, 0.3) is 0 Å². The molecule has 10 heteroatoms. The lowest BCUT2D eigenvalue weighted by Crippen LogP contribution is -2.49. The molecule has 1 aliphatic rings. The molecule has 0 unspecified atom stereocenters. The van der Waals surface area contributed by atoms with Crippen molar-refractivity contribution in [1.29, 1.82) is 0 Å². The van der Waals surface area contributed by atoms with Crippen LogP contribution >= 0.6 is 0 Å². The van der Waals surface area contributed by atoms with Crippen LogP contribution in [-0.2, 0) is 10.0 Å². The van der Waals surface area contributed by atoms with Gasteiger partial charge in [0.2, 0.25) is 16.0 Å². The third kappa shape index (κ3) is 5.07. The summed E-state index contributed by atoms with van der Waals surface area (Å²) < 4.78 is 38.4. The Morgan fingerprint density at radius 3 is 2.18 bits per heavy atom. The zero-order valence-corrected chi connectivity index (χ0v) is 20.6. The zero-order valence-electron chi connectivity index (χ0n) is 19.8. The van der Waals surface area contributed by atoms with Gasteiger partial charge in [-0.1, -0.05) is 17.7 Å². The number of hydrogen-bond acceptors (Lipinski definition) is 8. The van der Waals surface area contributed by atoms with Gasteiger partial charge in [0.1, 0.15) is 5.82 Å². The number of aromatic nitrogens is 2. The van der Waals surface area contributed by atoms with Gasteiger partial charge < -0.3 is 19.7 Å². The van der Waals surface area contributed by atoms with Gasteiger partial charge in [-0.25, -0.2) is 13.4 Å². The van der Waals surface area contributed by atoms with E-state index in [1.807, 2.05) is 44.2 Å². The Hall–Kier alpha value is -3.37. The Morgan fingerprint density at radius 2 is 1.53 bits per heavy atom. The lowest BCUT2D eigenvalue weighted by atomic mass is 10.2. The number of rotatable bonds is 7. The maximum absolute atomic E-state index is 13.2. The third-order valence-corrected chi connectivity index (χ3v) is 7.60. The molecule has 9 nitrogen and oxygen atoms in total. The van der Waals surface area contributed by atoms with Gasteiger partial charge in [-0.15, -0.1) is 0 Å². The summed E-state index contributed by atoms with van der Waals surface area (Å²) in [5.74, 6) is 2.15. The minimum Gasteiger partial charge on any atom is -0.493 e. The first-order chi connectivity index (χ1) is 16.3. The third-order valence-electron chi connectivity index (χ3n) is 5.70. The number of aryl methyl sites for hydroxylation is 2. The second-order valence-corrected chi connectivity index (χ2v) is 10.0. The molecule has 1 fully saturated rings. The molecule has 1 N–H and O–H groups in total. The summed E-state index contributed by atoms with van der Waals surface area (Å²) in [6, 6.07) is 14.6. The fourth-order valence-electron chi connectivity index (χ4n) is 3.82. The lowest BCUT2D eigenvalue weighted by Gasteiger charge is -2.34. The van der Waals surface area contributed by atoms with Gasteiger partial charge in [-0.2, -0.15) is 9.29 Å². The molecule has 1 aromatic heterocycles. The van der Waals surface area contributed by atoms with Crippen LogP contribution in [-0.4, -0.2) is 63.1 Å². The van der Waals surface area contributed by atoms with Crippen molar-refractivity contribution in [2.75, 3.05) is 50.6 Å². The highest BCUT2D eigenvalue weighted by molar-refractivity contribution is 7.89. The van der Waals surface area contributed by atoms with E-state index in [1.54, 1.807) is 12.1 Å². The summed E-state index contributed by atoms with van der Waals surface area (Å²) in [5, 5.41) is 3.25. The van der Waals surface area contributed by atoms with E-state index in [-0.39, 0.29) is 4.90 Å². The maximum Gasteiger partial charge on any atom is 0.243 e. The highest BCUT2D eigenvalue weighted by Gasteiger charge is 2.30. The van der Waals surface area contributed by atoms with Crippen LogP contribution in [0, 0.1) is 13.8 Å². The molecule has 0 atom stereocenters. The number of methoxy groups -OCH3 is 2. The average Bonchev–Trinajstić information content (AvgIpc) is 2.84. The second kappa shape index (κ2) is 9.86. The number of nitrogens with one attached hydrogen (secondary N) is 1. The van der Waals surface area contributed by atoms with Crippen molar-refractivity contribution in [2.24, 2.45) is 0 Å². The highest BCUT2D eigenvalue weighted by Crippen LogP contribution is 2.31. The Bertz CT molecular complexity index is 1260. The monoisotopic (exact) mass is 483 g/mol. The van der Waals surface area contributed by atoms with Crippen LogP contribution in [0.1, 0.15) is 11.3 Å². The van der Waals surface area contributed by atoms with Gasteiger partial charge in [0.15, 0.2) is 11.5 Å². The van der Waals surface area contributed by atoms with Crippen molar-refractivity contribution in [2.45, 2.75) is 18.7 Å². The minimum atomic E-state index is -3.66. The second-order valence-electron chi connectivity index (χ2n) is 8.09. The molecule has 0 radical (unpaired) electrons. The largest absolute Gasteiger partial charge is 0.493 e. The van der Waals surface area contributed by atoms with E-state index in [0.29, 0.717) is 43.6 Å². The van der Waals surface area contributed by atoms with Crippen molar-refractivity contribution in [1.82, 2.24) is 14.3 Å². The van der Waals surface area contributed by atoms with Crippen molar-refractivity contribution in [3.8, 4) is 11.5 Å². The fourth-order valence-corrected chi connectivity index (χ4v) is 5.26. The number of hydrogen-bond donors (Lipinski definition) is 1. The van der Waals surface area contributed by atoms with Crippen LogP contribution in [0.5, 0.6) is 11.5 Å². The smallest absolute Gasteiger partial charge is 0.243 e. The molecule has 0 amide bonds.